The monoisotopic (exact) mass is 376 g/mol. The average Bonchev–Trinajstić information content (AvgIpc) is 3.15. The number of benzene rings is 2. The predicted octanol–water partition coefficient (Wildman–Crippen LogP) is 3.78. The number of para-hydroxylation sites is 1. The molecule has 0 saturated heterocycles. The zero-order valence-corrected chi connectivity index (χ0v) is 15.3. The lowest BCUT2D eigenvalue weighted by atomic mass is 10.0. The zero-order chi connectivity index (χ0) is 18.9. The lowest BCUT2D eigenvalue weighted by Gasteiger charge is -2.32. The van der Waals surface area contributed by atoms with Crippen LogP contribution >= 0.6 is 0 Å². The second-order valence-electron chi connectivity index (χ2n) is 7.03. The van der Waals surface area contributed by atoms with Gasteiger partial charge >= 0.3 is 0 Å². The largest absolute Gasteiger partial charge is 0.354 e. The van der Waals surface area contributed by atoms with Crippen molar-refractivity contribution in [1.82, 2.24) is 15.4 Å². The number of hydrogen-bond donors (Lipinski definition) is 3. The molecule has 1 atom stereocenters. The summed E-state index contributed by atoms with van der Waals surface area (Å²) in [4.78, 5) is 11.7. The van der Waals surface area contributed by atoms with Crippen molar-refractivity contribution in [3.05, 3.63) is 71.5 Å². The fourth-order valence-corrected chi connectivity index (χ4v) is 3.80. The van der Waals surface area contributed by atoms with Gasteiger partial charge in [-0.05, 0) is 42.7 Å². The van der Waals surface area contributed by atoms with Gasteiger partial charge in [0.25, 0.3) is 0 Å². The number of halogens is 1. The van der Waals surface area contributed by atoms with Crippen molar-refractivity contribution in [1.29, 1.82) is 0 Å². The number of aromatic nitrogens is 2. The highest BCUT2D eigenvalue weighted by Gasteiger charge is 2.35. The summed E-state index contributed by atoms with van der Waals surface area (Å²) in [7, 11) is 0. The van der Waals surface area contributed by atoms with Crippen LogP contribution in [0.5, 0.6) is 0 Å². The number of nitrogens with zero attached hydrogens (tertiary/aromatic N) is 3. The van der Waals surface area contributed by atoms with E-state index in [9.17, 15) is 4.39 Å². The summed E-state index contributed by atoms with van der Waals surface area (Å²) < 4.78 is 13.0. The topological polar surface area (TPSA) is 65.1 Å². The van der Waals surface area contributed by atoms with Gasteiger partial charge in [-0.15, -0.1) is 0 Å². The summed E-state index contributed by atoms with van der Waals surface area (Å²) >= 11 is 0. The predicted molar refractivity (Wildman–Crippen MR) is 108 cm³/mol. The van der Waals surface area contributed by atoms with E-state index in [0.29, 0.717) is 12.5 Å². The standard InChI is InChI=1S/C21H21FN6/c22-15-8-6-14(7-9-15)10-12-23-21-24-19-18-17(26-27-19)11-13-28(20(18)25-21)16-4-2-1-3-5-16/h1-9,17,26H,10-13H2,(H2,23,24,25,27). The van der Waals surface area contributed by atoms with Gasteiger partial charge in [-0.2, -0.15) is 9.97 Å². The molecule has 3 N–H and O–H groups in total. The van der Waals surface area contributed by atoms with Crippen molar-refractivity contribution in [2.24, 2.45) is 0 Å². The van der Waals surface area contributed by atoms with E-state index in [1.165, 1.54) is 12.1 Å². The summed E-state index contributed by atoms with van der Waals surface area (Å²) in [5.74, 6) is 2.15. The summed E-state index contributed by atoms with van der Waals surface area (Å²) in [6.45, 7) is 1.56. The van der Waals surface area contributed by atoms with Crippen LogP contribution in [-0.2, 0) is 6.42 Å². The van der Waals surface area contributed by atoms with Gasteiger partial charge in [0.05, 0.1) is 11.6 Å². The molecule has 0 saturated carbocycles. The van der Waals surface area contributed by atoms with Crippen LogP contribution in [0.1, 0.15) is 23.6 Å². The Labute approximate surface area is 162 Å². The molecule has 0 spiro atoms. The van der Waals surface area contributed by atoms with Crippen molar-refractivity contribution in [3.63, 3.8) is 0 Å². The van der Waals surface area contributed by atoms with Crippen LogP contribution in [-0.4, -0.2) is 23.1 Å². The Balaban J connectivity index is 1.39. The van der Waals surface area contributed by atoms with Gasteiger partial charge in [0.1, 0.15) is 11.6 Å². The number of anilines is 4. The second kappa shape index (κ2) is 7.09. The quantitative estimate of drug-likeness (QED) is 0.630. The smallest absolute Gasteiger partial charge is 0.226 e. The minimum absolute atomic E-state index is 0.216. The Hall–Kier alpha value is -3.19. The molecule has 0 bridgehead atoms. The van der Waals surface area contributed by atoms with E-state index in [-0.39, 0.29) is 11.9 Å². The normalized spacial score (nSPS) is 17.2. The van der Waals surface area contributed by atoms with E-state index in [1.54, 1.807) is 12.1 Å². The van der Waals surface area contributed by atoms with Gasteiger partial charge in [-0.1, -0.05) is 30.3 Å². The van der Waals surface area contributed by atoms with Crippen LogP contribution in [0, 0.1) is 5.82 Å². The molecule has 5 rings (SSSR count). The molecular weight excluding hydrogens is 355 g/mol. The van der Waals surface area contributed by atoms with Gasteiger partial charge in [0.2, 0.25) is 5.95 Å². The molecule has 6 nitrogen and oxygen atoms in total. The first-order valence-electron chi connectivity index (χ1n) is 9.52. The molecule has 3 aromatic rings. The number of nitrogens with one attached hydrogen (secondary N) is 3. The molecule has 28 heavy (non-hydrogen) atoms. The highest BCUT2D eigenvalue weighted by atomic mass is 19.1. The molecule has 142 valence electrons. The van der Waals surface area contributed by atoms with E-state index < -0.39 is 0 Å². The maximum absolute atomic E-state index is 13.0. The average molecular weight is 376 g/mol. The highest BCUT2D eigenvalue weighted by molar-refractivity contribution is 5.73. The molecule has 2 aliphatic rings. The maximum Gasteiger partial charge on any atom is 0.226 e. The molecule has 3 heterocycles. The Morgan fingerprint density at radius 1 is 1.07 bits per heavy atom. The molecule has 7 heteroatoms. The van der Waals surface area contributed by atoms with Crippen molar-refractivity contribution in [2.75, 3.05) is 28.7 Å². The first kappa shape index (κ1) is 16.9. The van der Waals surface area contributed by atoms with E-state index in [2.05, 4.69) is 38.2 Å². The molecule has 2 aromatic carbocycles. The number of rotatable bonds is 5. The van der Waals surface area contributed by atoms with Gasteiger partial charge in [-0.25, -0.2) is 9.82 Å². The van der Waals surface area contributed by atoms with E-state index in [1.807, 2.05) is 18.2 Å². The second-order valence-corrected chi connectivity index (χ2v) is 7.03. The molecular formula is C21H21FN6. The Morgan fingerprint density at radius 3 is 2.71 bits per heavy atom. The maximum atomic E-state index is 13.0. The van der Waals surface area contributed by atoms with Crippen LogP contribution < -0.4 is 21.1 Å². The molecule has 0 amide bonds. The highest BCUT2D eigenvalue weighted by Crippen LogP contribution is 2.43. The van der Waals surface area contributed by atoms with Crippen molar-refractivity contribution >= 4 is 23.3 Å². The molecule has 0 radical (unpaired) electrons. The van der Waals surface area contributed by atoms with Gasteiger partial charge in [0.15, 0.2) is 5.82 Å². The Bertz CT molecular complexity index is 976. The Morgan fingerprint density at radius 2 is 1.89 bits per heavy atom. The summed E-state index contributed by atoms with van der Waals surface area (Å²) in [5, 5.41) is 3.31. The third kappa shape index (κ3) is 3.14. The number of hydrazine groups is 1. The summed E-state index contributed by atoms with van der Waals surface area (Å²) in [6.07, 6.45) is 1.76. The van der Waals surface area contributed by atoms with Crippen molar-refractivity contribution in [2.45, 2.75) is 18.9 Å². The van der Waals surface area contributed by atoms with Crippen LogP contribution in [0.3, 0.4) is 0 Å². The Kier molecular flexibility index (Phi) is 4.29. The fourth-order valence-electron chi connectivity index (χ4n) is 3.80. The van der Waals surface area contributed by atoms with Gasteiger partial charge in [0, 0.05) is 18.8 Å². The minimum Gasteiger partial charge on any atom is -0.354 e. The fraction of sp³-hybridized carbons (Fsp3) is 0.238. The SMILES string of the molecule is Fc1ccc(CCNc2nc3c4c(n2)N(c2ccccc2)CCC4NN3)cc1. The van der Waals surface area contributed by atoms with Crippen LogP contribution in [0.2, 0.25) is 0 Å². The third-order valence-corrected chi connectivity index (χ3v) is 5.21. The molecule has 0 aliphatic carbocycles. The van der Waals surface area contributed by atoms with E-state index in [0.717, 1.165) is 47.8 Å². The van der Waals surface area contributed by atoms with Crippen LogP contribution in [0.25, 0.3) is 0 Å². The lowest BCUT2D eigenvalue weighted by Crippen LogP contribution is -2.31. The third-order valence-electron chi connectivity index (χ3n) is 5.21. The van der Waals surface area contributed by atoms with Crippen molar-refractivity contribution in [3.8, 4) is 0 Å². The first-order chi connectivity index (χ1) is 13.8. The van der Waals surface area contributed by atoms with Gasteiger partial charge < -0.3 is 15.6 Å². The van der Waals surface area contributed by atoms with E-state index >= 15 is 0 Å². The molecule has 1 unspecified atom stereocenters. The summed E-state index contributed by atoms with van der Waals surface area (Å²) in [6, 6.07) is 17.1. The molecule has 2 aliphatic heterocycles. The van der Waals surface area contributed by atoms with E-state index in [4.69, 9.17) is 4.98 Å². The summed E-state index contributed by atoms with van der Waals surface area (Å²) in [5.41, 5.74) is 9.83. The zero-order valence-electron chi connectivity index (χ0n) is 15.3. The van der Waals surface area contributed by atoms with Crippen LogP contribution in [0.4, 0.5) is 27.7 Å². The first-order valence-corrected chi connectivity index (χ1v) is 9.52. The number of hydrogen-bond acceptors (Lipinski definition) is 6. The van der Waals surface area contributed by atoms with Crippen molar-refractivity contribution < 1.29 is 4.39 Å². The molecule has 0 fully saturated rings. The molecule has 1 aromatic heterocycles. The van der Waals surface area contributed by atoms with Crippen LogP contribution in [0.15, 0.2) is 54.6 Å². The van der Waals surface area contributed by atoms with Gasteiger partial charge in [-0.3, -0.25) is 0 Å². The minimum atomic E-state index is -0.216. The lowest BCUT2D eigenvalue weighted by molar-refractivity contribution is 0.556.